The summed E-state index contributed by atoms with van der Waals surface area (Å²) in [5.41, 5.74) is 0.765. The largest absolute Gasteiger partial charge is 0.445 e. The van der Waals surface area contributed by atoms with E-state index in [4.69, 9.17) is 4.74 Å². The summed E-state index contributed by atoms with van der Waals surface area (Å²) >= 11 is 0. The molecular formula is C20H24N4O6. The van der Waals surface area contributed by atoms with Crippen molar-refractivity contribution in [1.29, 1.82) is 0 Å². The van der Waals surface area contributed by atoms with E-state index in [0.717, 1.165) is 5.56 Å². The average Bonchev–Trinajstić information content (AvgIpc) is 2.74. The summed E-state index contributed by atoms with van der Waals surface area (Å²) in [5.74, 6) is -3.38. The van der Waals surface area contributed by atoms with Crippen LogP contribution in [0.2, 0.25) is 0 Å². The van der Waals surface area contributed by atoms with Gasteiger partial charge in [0.1, 0.15) is 12.6 Å². The second kappa shape index (κ2) is 9.86. The smallest absolute Gasteiger partial charge is 0.408 e. The number of benzene rings is 1. The SMILES string of the molecule is O=C(NC(C(=O)NC1CCCCNC(=O)C1=O)C1CNC1=O)OCc1ccccc1. The lowest BCUT2D eigenvalue weighted by atomic mass is 9.91. The molecule has 2 aliphatic heterocycles. The molecule has 2 heterocycles. The zero-order chi connectivity index (χ0) is 21.5. The predicted molar refractivity (Wildman–Crippen MR) is 104 cm³/mol. The Labute approximate surface area is 173 Å². The number of alkyl carbamates (subject to hydrolysis) is 1. The molecular weight excluding hydrogens is 392 g/mol. The maximum absolute atomic E-state index is 12.8. The highest BCUT2D eigenvalue weighted by Crippen LogP contribution is 2.14. The lowest BCUT2D eigenvalue weighted by molar-refractivity contribution is -0.142. The highest BCUT2D eigenvalue weighted by molar-refractivity contribution is 6.38. The van der Waals surface area contributed by atoms with E-state index in [1.165, 1.54) is 0 Å². The lowest BCUT2D eigenvalue weighted by Crippen LogP contribution is -2.64. The van der Waals surface area contributed by atoms with Crippen molar-refractivity contribution >= 4 is 29.6 Å². The molecule has 10 nitrogen and oxygen atoms in total. The number of amides is 4. The maximum Gasteiger partial charge on any atom is 0.408 e. The van der Waals surface area contributed by atoms with E-state index in [1.807, 2.05) is 6.07 Å². The normalized spacial score (nSPS) is 22.3. The first-order valence-electron chi connectivity index (χ1n) is 9.83. The van der Waals surface area contributed by atoms with Crippen LogP contribution in [-0.2, 0) is 30.5 Å². The van der Waals surface area contributed by atoms with Gasteiger partial charge in [-0.2, -0.15) is 0 Å². The fraction of sp³-hybridized carbons (Fsp3) is 0.450. The molecule has 2 aliphatic rings. The van der Waals surface area contributed by atoms with Gasteiger partial charge in [0.25, 0.3) is 5.91 Å². The number of rotatable bonds is 6. The second-order valence-electron chi connectivity index (χ2n) is 7.21. The minimum atomic E-state index is -1.22. The van der Waals surface area contributed by atoms with Gasteiger partial charge in [-0.05, 0) is 24.8 Å². The minimum Gasteiger partial charge on any atom is -0.445 e. The van der Waals surface area contributed by atoms with Gasteiger partial charge in [-0.15, -0.1) is 0 Å². The van der Waals surface area contributed by atoms with Crippen molar-refractivity contribution in [3.05, 3.63) is 35.9 Å². The molecule has 0 radical (unpaired) electrons. The number of nitrogens with one attached hydrogen (secondary N) is 4. The molecule has 0 aliphatic carbocycles. The third-order valence-electron chi connectivity index (χ3n) is 5.07. The molecule has 160 valence electrons. The molecule has 30 heavy (non-hydrogen) atoms. The Kier molecular flexibility index (Phi) is 6.99. The Bertz CT molecular complexity index is 828. The molecule has 0 bridgehead atoms. The predicted octanol–water partition coefficient (Wildman–Crippen LogP) is -0.619. The number of carbonyl (C=O) groups is 5. The summed E-state index contributed by atoms with van der Waals surface area (Å²) in [6, 6.07) is 6.76. The van der Waals surface area contributed by atoms with Crippen LogP contribution in [0, 0.1) is 5.92 Å². The van der Waals surface area contributed by atoms with Crippen molar-refractivity contribution in [2.24, 2.45) is 5.92 Å². The number of ether oxygens (including phenoxy) is 1. The average molecular weight is 416 g/mol. The van der Waals surface area contributed by atoms with Gasteiger partial charge in [0.15, 0.2) is 0 Å². The van der Waals surface area contributed by atoms with E-state index >= 15 is 0 Å². The number of hydrogen-bond donors (Lipinski definition) is 4. The third-order valence-corrected chi connectivity index (χ3v) is 5.07. The van der Waals surface area contributed by atoms with Crippen molar-refractivity contribution in [3.8, 4) is 0 Å². The Morgan fingerprint density at radius 3 is 2.53 bits per heavy atom. The summed E-state index contributed by atoms with van der Waals surface area (Å²) in [6.07, 6.45) is 0.766. The first-order chi connectivity index (χ1) is 14.5. The fourth-order valence-corrected chi connectivity index (χ4v) is 3.26. The molecule has 0 aromatic heterocycles. The van der Waals surface area contributed by atoms with Gasteiger partial charge < -0.3 is 26.0 Å². The molecule has 2 fully saturated rings. The summed E-state index contributed by atoms with van der Waals surface area (Å²) in [6.45, 7) is 0.610. The lowest BCUT2D eigenvalue weighted by Gasteiger charge is -2.33. The van der Waals surface area contributed by atoms with Crippen molar-refractivity contribution in [2.75, 3.05) is 13.1 Å². The first kappa shape index (κ1) is 21.3. The van der Waals surface area contributed by atoms with E-state index in [0.29, 0.717) is 25.8 Å². The van der Waals surface area contributed by atoms with Crippen LogP contribution in [0.15, 0.2) is 30.3 Å². The highest BCUT2D eigenvalue weighted by Gasteiger charge is 2.42. The molecule has 2 saturated heterocycles. The van der Waals surface area contributed by atoms with Crippen LogP contribution < -0.4 is 21.3 Å². The van der Waals surface area contributed by atoms with E-state index in [9.17, 15) is 24.0 Å². The monoisotopic (exact) mass is 416 g/mol. The molecule has 4 amide bonds. The van der Waals surface area contributed by atoms with Gasteiger partial charge in [0.2, 0.25) is 17.6 Å². The number of Topliss-reactive ketones (excluding diaryl/α,β-unsaturated/α-hetero) is 1. The van der Waals surface area contributed by atoms with Crippen LogP contribution in [-0.4, -0.2) is 54.8 Å². The quantitative estimate of drug-likeness (QED) is 0.360. The standard InChI is InChI=1S/C20H24N4O6/c25-16-14(8-4-5-9-21-19(16)28)23-18(27)15(13-10-22-17(13)26)24-20(29)30-11-12-6-2-1-3-7-12/h1-3,6-7,13-15H,4-5,8-11H2,(H,21,28)(H,22,26)(H,23,27)(H,24,29). The molecule has 10 heteroatoms. The Balaban J connectivity index is 1.63. The van der Waals surface area contributed by atoms with Crippen LogP contribution in [0.5, 0.6) is 0 Å². The van der Waals surface area contributed by atoms with E-state index < -0.39 is 41.7 Å². The molecule has 4 N–H and O–H groups in total. The molecule has 0 spiro atoms. The van der Waals surface area contributed by atoms with Gasteiger partial charge in [-0.25, -0.2) is 4.79 Å². The second-order valence-corrected chi connectivity index (χ2v) is 7.21. The maximum atomic E-state index is 12.8. The van der Waals surface area contributed by atoms with Gasteiger partial charge >= 0.3 is 6.09 Å². The topological polar surface area (TPSA) is 143 Å². The van der Waals surface area contributed by atoms with Crippen LogP contribution >= 0.6 is 0 Å². The first-order valence-corrected chi connectivity index (χ1v) is 9.83. The van der Waals surface area contributed by atoms with E-state index in [-0.39, 0.29) is 19.1 Å². The molecule has 1 aromatic rings. The molecule has 3 unspecified atom stereocenters. The van der Waals surface area contributed by atoms with Gasteiger partial charge in [-0.1, -0.05) is 30.3 Å². The van der Waals surface area contributed by atoms with E-state index in [1.54, 1.807) is 24.3 Å². The number of carbonyl (C=O) groups excluding carboxylic acids is 5. The summed E-state index contributed by atoms with van der Waals surface area (Å²) in [7, 11) is 0. The number of ketones is 1. The van der Waals surface area contributed by atoms with Crippen LogP contribution in [0.1, 0.15) is 24.8 Å². The summed E-state index contributed by atoms with van der Waals surface area (Å²) < 4.78 is 5.13. The van der Waals surface area contributed by atoms with Crippen molar-refractivity contribution < 1.29 is 28.7 Å². The van der Waals surface area contributed by atoms with Crippen LogP contribution in [0.25, 0.3) is 0 Å². The molecule has 3 rings (SSSR count). The van der Waals surface area contributed by atoms with Crippen LogP contribution in [0.4, 0.5) is 4.79 Å². The van der Waals surface area contributed by atoms with Gasteiger partial charge in [0, 0.05) is 13.1 Å². The minimum absolute atomic E-state index is 0.000836. The van der Waals surface area contributed by atoms with Gasteiger partial charge in [-0.3, -0.25) is 19.2 Å². The Hall–Kier alpha value is -3.43. The summed E-state index contributed by atoms with van der Waals surface area (Å²) in [5, 5.41) is 9.94. The number of β-lactam (4-membered cyclic amide) rings is 1. The Morgan fingerprint density at radius 1 is 1.10 bits per heavy atom. The molecule has 3 atom stereocenters. The molecule has 0 saturated carbocycles. The van der Waals surface area contributed by atoms with Crippen molar-refractivity contribution in [2.45, 2.75) is 38.0 Å². The third kappa shape index (κ3) is 5.34. The summed E-state index contributed by atoms with van der Waals surface area (Å²) in [4.78, 5) is 60.9. The zero-order valence-corrected chi connectivity index (χ0v) is 16.3. The highest BCUT2D eigenvalue weighted by atomic mass is 16.5. The zero-order valence-electron chi connectivity index (χ0n) is 16.3. The van der Waals surface area contributed by atoms with Gasteiger partial charge in [0.05, 0.1) is 12.0 Å². The van der Waals surface area contributed by atoms with E-state index in [2.05, 4.69) is 21.3 Å². The fourth-order valence-electron chi connectivity index (χ4n) is 3.26. The van der Waals surface area contributed by atoms with Crippen LogP contribution in [0.3, 0.4) is 0 Å². The Morgan fingerprint density at radius 2 is 1.87 bits per heavy atom. The number of hydrogen-bond acceptors (Lipinski definition) is 6. The van der Waals surface area contributed by atoms with Crippen molar-refractivity contribution in [1.82, 2.24) is 21.3 Å². The van der Waals surface area contributed by atoms with Crippen molar-refractivity contribution in [3.63, 3.8) is 0 Å². The molecule has 1 aromatic carbocycles.